The fraction of sp³-hybridized carbons (Fsp3) is 0.269. The summed E-state index contributed by atoms with van der Waals surface area (Å²) in [5.41, 5.74) is 3.95. The number of carbonyl (C=O) groups is 1. The van der Waals surface area contributed by atoms with Crippen LogP contribution in [-0.4, -0.2) is 60.2 Å². The molecule has 1 saturated heterocycles. The van der Waals surface area contributed by atoms with Gasteiger partial charge in [-0.05, 0) is 41.0 Å². The van der Waals surface area contributed by atoms with Gasteiger partial charge in [-0.2, -0.15) is 0 Å². The molecule has 4 rings (SSSR count). The van der Waals surface area contributed by atoms with Gasteiger partial charge in [-0.15, -0.1) is 37.2 Å². The number of hydrogen-bond acceptors (Lipinski definition) is 4. The zero-order chi connectivity index (χ0) is 22.3. The number of nitrogens with zero attached hydrogens (tertiary/aromatic N) is 2. The molecule has 0 radical (unpaired) electrons. The predicted octanol–water partition coefficient (Wildman–Crippen LogP) is 6.17. The van der Waals surface area contributed by atoms with Crippen LogP contribution < -0.4 is 4.74 Å². The lowest BCUT2D eigenvalue weighted by molar-refractivity contribution is 0.0690. The van der Waals surface area contributed by atoms with E-state index < -0.39 is 5.97 Å². The van der Waals surface area contributed by atoms with Crippen molar-refractivity contribution in [1.82, 2.24) is 9.80 Å². The van der Waals surface area contributed by atoms with Crippen LogP contribution in [0.25, 0.3) is 11.1 Å². The number of carboxylic acids is 1. The number of hydrogen-bond donors (Lipinski definition) is 1. The molecule has 5 nitrogen and oxygen atoms in total. The van der Waals surface area contributed by atoms with Crippen molar-refractivity contribution in [3.8, 4) is 16.9 Å². The van der Waals surface area contributed by atoms with Crippen molar-refractivity contribution < 1.29 is 14.6 Å². The molecule has 1 heterocycles. The normalized spacial score (nSPS) is 13.6. The maximum atomic E-state index is 11.3. The third kappa shape index (κ3) is 8.57. The van der Waals surface area contributed by atoms with Crippen LogP contribution in [0.15, 0.2) is 72.8 Å². The molecule has 1 N–H and O–H groups in total. The number of ether oxygens (including phenoxy) is 1. The molecule has 35 heavy (non-hydrogen) atoms. The van der Waals surface area contributed by atoms with Crippen molar-refractivity contribution in [3.05, 3.63) is 88.9 Å². The Morgan fingerprint density at radius 1 is 0.829 bits per heavy atom. The molecule has 0 spiro atoms. The van der Waals surface area contributed by atoms with E-state index in [0.29, 0.717) is 12.4 Å². The summed E-state index contributed by atoms with van der Waals surface area (Å²) in [6, 6.07) is 23.3. The lowest BCUT2D eigenvalue weighted by atomic mass is 9.99. The van der Waals surface area contributed by atoms with E-state index in [9.17, 15) is 9.90 Å². The molecule has 0 bridgehead atoms. The molecule has 9 heteroatoms. The highest BCUT2D eigenvalue weighted by atomic mass is 35.5. The summed E-state index contributed by atoms with van der Waals surface area (Å²) in [4.78, 5) is 16.1. The topological polar surface area (TPSA) is 53.0 Å². The highest BCUT2D eigenvalue weighted by Gasteiger charge is 2.18. The highest BCUT2D eigenvalue weighted by molar-refractivity contribution is 6.30. The van der Waals surface area contributed by atoms with Gasteiger partial charge in [0.2, 0.25) is 0 Å². The molecule has 0 amide bonds. The van der Waals surface area contributed by atoms with Gasteiger partial charge >= 0.3 is 5.97 Å². The fourth-order valence-electron chi connectivity index (χ4n) is 4.04. The first-order valence-corrected chi connectivity index (χ1v) is 11.2. The number of aromatic carboxylic acids is 1. The zero-order valence-corrected chi connectivity index (χ0v) is 22.3. The van der Waals surface area contributed by atoms with Gasteiger partial charge in [-0.3, -0.25) is 9.80 Å². The van der Waals surface area contributed by atoms with E-state index in [1.807, 2.05) is 12.1 Å². The minimum absolute atomic E-state index is 0. The zero-order valence-electron chi connectivity index (χ0n) is 19.1. The van der Waals surface area contributed by atoms with Crippen molar-refractivity contribution in [2.45, 2.75) is 6.54 Å². The van der Waals surface area contributed by atoms with Crippen LogP contribution in [0.5, 0.6) is 5.75 Å². The number of carboxylic acid groups (broad SMARTS) is 1. The standard InChI is InChI=1S/C26H27ClN2O3.3ClH/c27-22-11-9-20(10-12-22)23-6-2-1-5-21(23)19-29-15-13-28(14-16-29)17-18-32-25-8-4-3-7-24(25)26(30)31;;;/h1-12H,13-19H2,(H,30,31);3*1H. The van der Waals surface area contributed by atoms with Gasteiger partial charge in [0.05, 0.1) is 0 Å². The Morgan fingerprint density at radius 2 is 1.43 bits per heavy atom. The van der Waals surface area contributed by atoms with Crippen LogP contribution in [0.4, 0.5) is 0 Å². The van der Waals surface area contributed by atoms with E-state index in [1.165, 1.54) is 16.7 Å². The average Bonchev–Trinajstić information content (AvgIpc) is 2.81. The average molecular weight is 560 g/mol. The minimum atomic E-state index is -0.965. The molecule has 1 fully saturated rings. The highest BCUT2D eigenvalue weighted by Crippen LogP contribution is 2.26. The molecule has 0 atom stereocenters. The fourth-order valence-corrected chi connectivity index (χ4v) is 4.16. The van der Waals surface area contributed by atoms with E-state index in [-0.39, 0.29) is 42.8 Å². The van der Waals surface area contributed by atoms with E-state index in [1.54, 1.807) is 24.3 Å². The van der Waals surface area contributed by atoms with Gasteiger partial charge in [0.15, 0.2) is 0 Å². The molecule has 0 aliphatic carbocycles. The van der Waals surface area contributed by atoms with Crippen molar-refractivity contribution >= 4 is 54.8 Å². The van der Waals surface area contributed by atoms with Crippen molar-refractivity contribution in [2.75, 3.05) is 39.3 Å². The van der Waals surface area contributed by atoms with Gasteiger partial charge < -0.3 is 9.84 Å². The van der Waals surface area contributed by atoms with Crippen molar-refractivity contribution in [1.29, 1.82) is 0 Å². The molecule has 0 unspecified atom stereocenters. The summed E-state index contributed by atoms with van der Waals surface area (Å²) in [6.07, 6.45) is 0. The first kappa shape index (κ1) is 31.0. The Kier molecular flexibility index (Phi) is 13.5. The molecule has 0 saturated carbocycles. The summed E-state index contributed by atoms with van der Waals surface area (Å²) >= 11 is 6.05. The molecular weight excluding hydrogens is 530 g/mol. The second kappa shape index (κ2) is 15.2. The van der Waals surface area contributed by atoms with Crippen LogP contribution in [-0.2, 0) is 6.54 Å². The number of piperazine rings is 1. The lowest BCUT2D eigenvalue weighted by Crippen LogP contribution is -2.47. The van der Waals surface area contributed by atoms with Crippen LogP contribution in [0.3, 0.4) is 0 Å². The van der Waals surface area contributed by atoms with Gasteiger partial charge in [0.25, 0.3) is 0 Å². The second-order valence-electron chi connectivity index (χ2n) is 7.93. The number of halogens is 4. The summed E-state index contributed by atoms with van der Waals surface area (Å²) in [5, 5.41) is 10.0. The molecule has 0 aromatic heterocycles. The predicted molar refractivity (Wildman–Crippen MR) is 149 cm³/mol. The van der Waals surface area contributed by atoms with Gasteiger partial charge in [-0.1, -0.05) is 60.1 Å². The second-order valence-corrected chi connectivity index (χ2v) is 8.37. The molecule has 190 valence electrons. The SMILES string of the molecule is Cl.Cl.Cl.O=C(O)c1ccccc1OCCN1CCN(Cc2ccccc2-c2ccc(Cl)cc2)CC1. The minimum Gasteiger partial charge on any atom is -0.491 e. The van der Waals surface area contributed by atoms with Crippen molar-refractivity contribution in [2.24, 2.45) is 0 Å². The summed E-state index contributed by atoms with van der Waals surface area (Å²) < 4.78 is 5.75. The number of rotatable bonds is 8. The third-order valence-electron chi connectivity index (χ3n) is 5.81. The smallest absolute Gasteiger partial charge is 0.339 e. The quantitative estimate of drug-likeness (QED) is 0.358. The first-order valence-electron chi connectivity index (χ1n) is 10.8. The van der Waals surface area contributed by atoms with E-state index in [4.69, 9.17) is 16.3 Å². The third-order valence-corrected chi connectivity index (χ3v) is 6.07. The largest absolute Gasteiger partial charge is 0.491 e. The molecule has 1 aliphatic rings. The number of para-hydroxylation sites is 1. The van der Waals surface area contributed by atoms with E-state index in [2.05, 4.69) is 46.2 Å². The Morgan fingerprint density at radius 3 is 2.11 bits per heavy atom. The summed E-state index contributed by atoms with van der Waals surface area (Å²) in [6.45, 7) is 6.07. The van der Waals surface area contributed by atoms with Gasteiger partial charge in [-0.25, -0.2) is 4.79 Å². The molecule has 1 aliphatic heterocycles. The Labute approximate surface area is 230 Å². The summed E-state index contributed by atoms with van der Waals surface area (Å²) in [5.74, 6) is -0.537. The molecular formula is C26H30Cl4N2O3. The molecule has 3 aromatic rings. The van der Waals surface area contributed by atoms with Gasteiger partial charge in [0, 0.05) is 44.3 Å². The number of benzene rings is 3. The molecule has 3 aromatic carbocycles. The Balaban J connectivity index is 0.00000204. The van der Waals surface area contributed by atoms with Crippen molar-refractivity contribution in [3.63, 3.8) is 0 Å². The monoisotopic (exact) mass is 558 g/mol. The van der Waals surface area contributed by atoms with E-state index >= 15 is 0 Å². The lowest BCUT2D eigenvalue weighted by Gasteiger charge is -2.35. The summed E-state index contributed by atoms with van der Waals surface area (Å²) in [7, 11) is 0. The van der Waals surface area contributed by atoms with E-state index in [0.717, 1.165) is 44.3 Å². The first-order chi connectivity index (χ1) is 15.6. The maximum Gasteiger partial charge on any atom is 0.339 e. The van der Waals surface area contributed by atoms with Crippen LogP contribution in [0, 0.1) is 0 Å². The van der Waals surface area contributed by atoms with Crippen LogP contribution >= 0.6 is 48.8 Å². The van der Waals surface area contributed by atoms with Gasteiger partial charge in [0.1, 0.15) is 17.9 Å². The maximum absolute atomic E-state index is 11.3. The van der Waals surface area contributed by atoms with Crippen LogP contribution in [0.1, 0.15) is 15.9 Å². The Bertz CT molecular complexity index is 1060. The Hall–Kier alpha value is -1.99. The van der Waals surface area contributed by atoms with Crippen LogP contribution in [0.2, 0.25) is 5.02 Å².